The van der Waals surface area contributed by atoms with E-state index in [-0.39, 0.29) is 29.8 Å². The lowest BCUT2D eigenvalue weighted by atomic mass is 9.68. The first kappa shape index (κ1) is 14.9. The summed E-state index contributed by atoms with van der Waals surface area (Å²) in [5.41, 5.74) is 0.330. The van der Waals surface area contributed by atoms with Crippen LogP contribution in [0.25, 0.3) is 0 Å². The van der Waals surface area contributed by atoms with Gasteiger partial charge in [0.2, 0.25) is 0 Å². The standard InChI is InChI=1S/C16H22O4/c1-8(2)16(19)11-6-10(4)15(20-5)14(18)13(11)9(3)7-12(16)17/h6,8-9,18-19H,7H2,1-5H3/t9-,16+/m0/s1. The maximum atomic E-state index is 12.3. The molecule has 1 aliphatic carbocycles. The van der Waals surface area contributed by atoms with Gasteiger partial charge in [-0.05, 0) is 36.0 Å². The van der Waals surface area contributed by atoms with Crippen LogP contribution in [0.15, 0.2) is 6.07 Å². The molecule has 0 bridgehead atoms. The number of ketones is 1. The molecule has 4 nitrogen and oxygen atoms in total. The molecule has 0 aromatic heterocycles. The first-order valence-corrected chi connectivity index (χ1v) is 6.91. The Balaban J connectivity index is 2.81. The number of phenolic OH excluding ortho intramolecular Hbond substituents is 1. The van der Waals surface area contributed by atoms with Crippen LogP contribution in [0.5, 0.6) is 11.5 Å². The topological polar surface area (TPSA) is 66.8 Å². The van der Waals surface area contributed by atoms with Crippen molar-refractivity contribution in [2.24, 2.45) is 5.92 Å². The van der Waals surface area contributed by atoms with E-state index in [2.05, 4.69) is 0 Å². The third kappa shape index (κ3) is 1.82. The van der Waals surface area contributed by atoms with E-state index in [4.69, 9.17) is 4.74 Å². The number of hydrogen-bond acceptors (Lipinski definition) is 4. The van der Waals surface area contributed by atoms with Gasteiger partial charge in [0.15, 0.2) is 22.9 Å². The fourth-order valence-electron chi connectivity index (χ4n) is 3.19. The molecular formula is C16H22O4. The lowest BCUT2D eigenvalue weighted by molar-refractivity contribution is -0.145. The van der Waals surface area contributed by atoms with Gasteiger partial charge in [0, 0.05) is 12.0 Å². The molecule has 1 aromatic rings. The van der Waals surface area contributed by atoms with Gasteiger partial charge in [-0.25, -0.2) is 0 Å². The number of benzene rings is 1. The number of phenols is 1. The molecule has 110 valence electrons. The molecule has 0 saturated carbocycles. The number of ether oxygens (including phenoxy) is 1. The van der Waals surface area contributed by atoms with E-state index in [9.17, 15) is 15.0 Å². The smallest absolute Gasteiger partial charge is 0.169 e. The van der Waals surface area contributed by atoms with E-state index in [1.165, 1.54) is 7.11 Å². The monoisotopic (exact) mass is 278 g/mol. The van der Waals surface area contributed by atoms with E-state index >= 15 is 0 Å². The molecular weight excluding hydrogens is 256 g/mol. The Morgan fingerprint density at radius 3 is 2.55 bits per heavy atom. The summed E-state index contributed by atoms with van der Waals surface area (Å²) in [4.78, 5) is 12.3. The van der Waals surface area contributed by atoms with Gasteiger partial charge >= 0.3 is 0 Å². The van der Waals surface area contributed by atoms with Gasteiger partial charge in [0.05, 0.1) is 7.11 Å². The first-order chi connectivity index (χ1) is 9.25. The fourth-order valence-corrected chi connectivity index (χ4v) is 3.19. The molecule has 1 aliphatic rings. The Labute approximate surface area is 119 Å². The Bertz CT molecular complexity index is 562. The van der Waals surface area contributed by atoms with Crippen molar-refractivity contribution in [2.75, 3.05) is 7.11 Å². The second-order valence-electron chi connectivity index (χ2n) is 5.99. The zero-order valence-electron chi connectivity index (χ0n) is 12.7. The molecule has 4 heteroatoms. The molecule has 0 spiro atoms. The third-order valence-electron chi connectivity index (χ3n) is 4.34. The number of carbonyl (C=O) groups is 1. The molecule has 0 heterocycles. The third-order valence-corrected chi connectivity index (χ3v) is 4.34. The highest BCUT2D eigenvalue weighted by Crippen LogP contribution is 2.50. The minimum Gasteiger partial charge on any atom is -0.504 e. The first-order valence-electron chi connectivity index (χ1n) is 6.91. The number of Topliss-reactive ketones (excluding diaryl/α,β-unsaturated/α-hetero) is 1. The van der Waals surface area contributed by atoms with Gasteiger partial charge in [-0.1, -0.05) is 20.8 Å². The van der Waals surface area contributed by atoms with Crippen LogP contribution in [0, 0.1) is 12.8 Å². The van der Waals surface area contributed by atoms with Crippen molar-refractivity contribution in [1.82, 2.24) is 0 Å². The molecule has 2 atom stereocenters. The predicted molar refractivity (Wildman–Crippen MR) is 76.2 cm³/mol. The summed E-state index contributed by atoms with van der Waals surface area (Å²) in [6.07, 6.45) is 0.224. The lowest BCUT2D eigenvalue weighted by Crippen LogP contribution is -2.45. The average Bonchev–Trinajstić information content (AvgIpc) is 2.35. The highest BCUT2D eigenvalue weighted by molar-refractivity contribution is 5.92. The number of aryl methyl sites for hydroxylation is 1. The van der Waals surface area contributed by atoms with Crippen molar-refractivity contribution >= 4 is 5.78 Å². The molecule has 0 amide bonds. The Kier molecular flexibility index (Phi) is 3.54. The van der Waals surface area contributed by atoms with E-state index in [0.29, 0.717) is 22.4 Å². The van der Waals surface area contributed by atoms with Crippen LogP contribution >= 0.6 is 0 Å². The average molecular weight is 278 g/mol. The second kappa shape index (κ2) is 4.77. The molecule has 20 heavy (non-hydrogen) atoms. The fraction of sp³-hybridized carbons (Fsp3) is 0.562. The van der Waals surface area contributed by atoms with Gasteiger partial charge in [-0.2, -0.15) is 0 Å². The van der Waals surface area contributed by atoms with E-state index in [1.54, 1.807) is 13.0 Å². The Morgan fingerprint density at radius 1 is 1.45 bits per heavy atom. The Morgan fingerprint density at radius 2 is 2.05 bits per heavy atom. The molecule has 1 aromatic carbocycles. The van der Waals surface area contributed by atoms with Crippen molar-refractivity contribution in [3.8, 4) is 11.5 Å². The number of rotatable bonds is 2. The maximum Gasteiger partial charge on any atom is 0.169 e. The lowest BCUT2D eigenvalue weighted by Gasteiger charge is -2.39. The van der Waals surface area contributed by atoms with Gasteiger partial charge in [0.1, 0.15) is 0 Å². The Hall–Kier alpha value is -1.55. The van der Waals surface area contributed by atoms with Crippen LogP contribution in [-0.2, 0) is 10.4 Å². The number of hydrogen-bond donors (Lipinski definition) is 2. The van der Waals surface area contributed by atoms with Crippen LogP contribution < -0.4 is 4.74 Å². The minimum absolute atomic E-state index is 0.0431. The predicted octanol–water partition coefficient (Wildman–Crippen LogP) is 2.63. The van der Waals surface area contributed by atoms with E-state index in [0.717, 1.165) is 0 Å². The van der Waals surface area contributed by atoms with Crippen LogP contribution in [0.2, 0.25) is 0 Å². The maximum absolute atomic E-state index is 12.3. The number of fused-ring (bicyclic) bond motifs is 1. The van der Waals surface area contributed by atoms with E-state index < -0.39 is 5.60 Å². The molecule has 0 aliphatic heterocycles. The van der Waals surface area contributed by atoms with Gasteiger partial charge < -0.3 is 14.9 Å². The molecule has 2 N–H and O–H groups in total. The SMILES string of the molecule is COc1c(C)cc2c(c1O)[C@@H](C)CC(=O)[C@@]2(O)C(C)C. The summed E-state index contributed by atoms with van der Waals surface area (Å²) < 4.78 is 5.23. The molecule has 0 saturated heterocycles. The zero-order valence-corrected chi connectivity index (χ0v) is 12.7. The minimum atomic E-state index is -1.53. The van der Waals surface area contributed by atoms with Crippen LogP contribution in [-0.4, -0.2) is 23.1 Å². The largest absolute Gasteiger partial charge is 0.504 e. The number of methoxy groups -OCH3 is 1. The van der Waals surface area contributed by atoms with Crippen LogP contribution in [0.3, 0.4) is 0 Å². The van der Waals surface area contributed by atoms with Crippen molar-refractivity contribution in [1.29, 1.82) is 0 Å². The van der Waals surface area contributed by atoms with Gasteiger partial charge in [0.25, 0.3) is 0 Å². The van der Waals surface area contributed by atoms with Crippen LogP contribution in [0.1, 0.15) is 49.8 Å². The molecule has 0 fully saturated rings. The zero-order chi connectivity index (χ0) is 15.2. The summed E-state index contributed by atoms with van der Waals surface area (Å²) in [5.74, 6) is -0.117. The summed E-state index contributed by atoms with van der Waals surface area (Å²) >= 11 is 0. The second-order valence-corrected chi connectivity index (χ2v) is 5.99. The number of aromatic hydroxyl groups is 1. The number of carbonyl (C=O) groups excluding carboxylic acids is 1. The highest BCUT2D eigenvalue weighted by Gasteiger charge is 2.48. The van der Waals surface area contributed by atoms with Crippen molar-refractivity contribution < 1.29 is 19.7 Å². The molecule has 0 unspecified atom stereocenters. The van der Waals surface area contributed by atoms with Crippen molar-refractivity contribution in [3.63, 3.8) is 0 Å². The molecule has 0 radical (unpaired) electrons. The quantitative estimate of drug-likeness (QED) is 0.872. The number of aliphatic hydroxyl groups is 1. The summed E-state index contributed by atoms with van der Waals surface area (Å²) in [5, 5.41) is 21.3. The van der Waals surface area contributed by atoms with Crippen molar-refractivity contribution in [3.05, 3.63) is 22.8 Å². The normalized spacial score (nSPS) is 25.8. The van der Waals surface area contributed by atoms with Gasteiger partial charge in [-0.15, -0.1) is 0 Å². The van der Waals surface area contributed by atoms with E-state index in [1.807, 2.05) is 20.8 Å². The van der Waals surface area contributed by atoms with Gasteiger partial charge in [-0.3, -0.25) is 4.79 Å². The summed E-state index contributed by atoms with van der Waals surface area (Å²) in [6, 6.07) is 1.77. The highest BCUT2D eigenvalue weighted by atomic mass is 16.5. The molecule has 2 rings (SSSR count). The van der Waals surface area contributed by atoms with Crippen molar-refractivity contribution in [2.45, 2.75) is 45.6 Å². The summed E-state index contributed by atoms with van der Waals surface area (Å²) in [7, 11) is 1.50. The summed E-state index contributed by atoms with van der Waals surface area (Å²) in [6.45, 7) is 7.30. The van der Waals surface area contributed by atoms with Crippen LogP contribution in [0.4, 0.5) is 0 Å².